The molecule has 5 heteroatoms. The largest absolute Gasteiger partial charge is 0.394 e. The molecule has 0 saturated carbocycles. The molecule has 1 aliphatic heterocycles. The van der Waals surface area contributed by atoms with Crippen LogP contribution in [-0.2, 0) is 0 Å². The van der Waals surface area contributed by atoms with Gasteiger partial charge in [-0.3, -0.25) is 4.79 Å². The van der Waals surface area contributed by atoms with Gasteiger partial charge in [-0.05, 0) is 24.5 Å². The van der Waals surface area contributed by atoms with E-state index < -0.39 is 0 Å². The molecule has 20 heavy (non-hydrogen) atoms. The molecule has 0 bridgehead atoms. The first-order valence-corrected chi connectivity index (χ1v) is 6.74. The number of aliphatic hydroxyl groups excluding tert-OH is 1. The first kappa shape index (κ1) is 14.5. The van der Waals surface area contributed by atoms with Gasteiger partial charge in [0.2, 0.25) is 0 Å². The van der Waals surface area contributed by atoms with E-state index in [1.807, 2.05) is 6.92 Å². The highest BCUT2D eigenvalue weighted by Gasteiger charge is 2.34. The van der Waals surface area contributed by atoms with Gasteiger partial charge in [0.25, 0.3) is 5.91 Å². The van der Waals surface area contributed by atoms with Crippen LogP contribution in [0.1, 0.15) is 29.4 Å². The molecule has 1 amide bonds. The maximum atomic E-state index is 12.4. The number of nitrogens with zero attached hydrogens (tertiary/aromatic N) is 2. The van der Waals surface area contributed by atoms with Crippen molar-refractivity contribution < 1.29 is 9.90 Å². The number of pyridine rings is 1. The Hall–Kier alpha value is -1.90. The van der Waals surface area contributed by atoms with E-state index in [1.165, 1.54) is 0 Å². The van der Waals surface area contributed by atoms with Crippen molar-refractivity contribution in [2.24, 2.45) is 11.7 Å². The summed E-state index contributed by atoms with van der Waals surface area (Å²) in [7, 11) is 0. The summed E-state index contributed by atoms with van der Waals surface area (Å²) in [5.41, 5.74) is 6.42. The van der Waals surface area contributed by atoms with Gasteiger partial charge in [0, 0.05) is 18.3 Å². The van der Waals surface area contributed by atoms with Gasteiger partial charge in [-0.15, -0.1) is 0 Å². The molecule has 1 aromatic heterocycles. The molecule has 1 saturated heterocycles. The van der Waals surface area contributed by atoms with Gasteiger partial charge in [0.15, 0.2) is 0 Å². The number of rotatable bonds is 2. The topological polar surface area (TPSA) is 79.5 Å². The summed E-state index contributed by atoms with van der Waals surface area (Å²) in [5, 5.41) is 9.40. The summed E-state index contributed by atoms with van der Waals surface area (Å²) in [5.74, 6) is 5.79. The molecule has 2 rings (SSSR count). The lowest BCUT2D eigenvalue weighted by atomic mass is 10.0. The van der Waals surface area contributed by atoms with E-state index in [1.54, 1.807) is 23.2 Å². The Morgan fingerprint density at radius 1 is 1.60 bits per heavy atom. The fraction of sp³-hybridized carbons (Fsp3) is 0.467. The van der Waals surface area contributed by atoms with Gasteiger partial charge in [-0.1, -0.05) is 18.8 Å². The fourth-order valence-electron chi connectivity index (χ4n) is 2.43. The van der Waals surface area contributed by atoms with Crippen LogP contribution in [0.25, 0.3) is 0 Å². The van der Waals surface area contributed by atoms with Crippen LogP contribution >= 0.6 is 0 Å². The Morgan fingerprint density at radius 3 is 3.00 bits per heavy atom. The number of carbonyl (C=O) groups excluding carboxylic acids is 1. The first-order valence-electron chi connectivity index (χ1n) is 6.74. The molecule has 5 nitrogen and oxygen atoms in total. The zero-order chi connectivity index (χ0) is 14.5. The highest BCUT2D eigenvalue weighted by molar-refractivity contribution is 5.92. The predicted octanol–water partition coefficient (Wildman–Crippen LogP) is 0.235. The molecular formula is C15H19N3O2. The SMILES string of the molecule is CC1CCN(C(=O)c2ccc(C#CCN)cn2)C1CO. The van der Waals surface area contributed by atoms with Crippen molar-refractivity contribution in [2.45, 2.75) is 19.4 Å². The van der Waals surface area contributed by atoms with Crippen LogP contribution < -0.4 is 5.73 Å². The van der Waals surface area contributed by atoms with Crippen LogP contribution in [0.15, 0.2) is 18.3 Å². The van der Waals surface area contributed by atoms with E-state index in [9.17, 15) is 9.90 Å². The van der Waals surface area contributed by atoms with Crippen molar-refractivity contribution >= 4 is 5.91 Å². The lowest BCUT2D eigenvalue weighted by Crippen LogP contribution is -2.40. The highest BCUT2D eigenvalue weighted by atomic mass is 16.3. The van der Waals surface area contributed by atoms with Crippen molar-refractivity contribution in [3.8, 4) is 11.8 Å². The number of hydrogen-bond donors (Lipinski definition) is 2. The van der Waals surface area contributed by atoms with Crippen molar-refractivity contribution in [1.82, 2.24) is 9.88 Å². The van der Waals surface area contributed by atoms with Crippen LogP contribution in [0.3, 0.4) is 0 Å². The third kappa shape index (κ3) is 2.98. The maximum absolute atomic E-state index is 12.4. The summed E-state index contributed by atoms with van der Waals surface area (Å²) in [6.45, 7) is 3.01. The van der Waals surface area contributed by atoms with Gasteiger partial charge < -0.3 is 15.7 Å². The lowest BCUT2D eigenvalue weighted by Gasteiger charge is -2.24. The summed E-state index contributed by atoms with van der Waals surface area (Å²) < 4.78 is 0. The number of likely N-dealkylation sites (tertiary alicyclic amines) is 1. The smallest absolute Gasteiger partial charge is 0.272 e. The average molecular weight is 273 g/mol. The van der Waals surface area contributed by atoms with Crippen LogP contribution in [0.5, 0.6) is 0 Å². The number of aliphatic hydroxyl groups is 1. The Bertz CT molecular complexity index is 530. The molecule has 0 spiro atoms. The molecular weight excluding hydrogens is 254 g/mol. The molecule has 2 atom stereocenters. The van der Waals surface area contributed by atoms with Crippen LogP contribution in [0, 0.1) is 17.8 Å². The van der Waals surface area contributed by atoms with Crippen molar-refractivity contribution in [3.05, 3.63) is 29.6 Å². The Kier molecular flexibility index (Phi) is 4.72. The molecule has 1 fully saturated rings. The van der Waals surface area contributed by atoms with E-state index in [4.69, 9.17) is 5.73 Å². The van der Waals surface area contributed by atoms with Gasteiger partial charge in [-0.25, -0.2) is 4.98 Å². The van der Waals surface area contributed by atoms with E-state index in [0.717, 1.165) is 12.0 Å². The van der Waals surface area contributed by atoms with Gasteiger partial charge in [0.1, 0.15) is 5.69 Å². The van der Waals surface area contributed by atoms with Gasteiger partial charge in [0.05, 0.1) is 19.2 Å². The molecule has 0 aromatic carbocycles. The molecule has 0 aliphatic carbocycles. The highest BCUT2D eigenvalue weighted by Crippen LogP contribution is 2.24. The third-order valence-corrected chi connectivity index (χ3v) is 3.65. The minimum Gasteiger partial charge on any atom is -0.394 e. The van der Waals surface area contributed by atoms with Crippen molar-refractivity contribution in [1.29, 1.82) is 0 Å². The predicted molar refractivity (Wildman–Crippen MR) is 75.9 cm³/mol. The average Bonchev–Trinajstić information content (AvgIpc) is 2.85. The van der Waals surface area contributed by atoms with E-state index in [-0.39, 0.29) is 18.6 Å². The van der Waals surface area contributed by atoms with Crippen LogP contribution in [0.4, 0.5) is 0 Å². The lowest BCUT2D eigenvalue weighted by molar-refractivity contribution is 0.0642. The zero-order valence-electron chi connectivity index (χ0n) is 11.5. The van der Waals surface area contributed by atoms with E-state index in [2.05, 4.69) is 16.8 Å². The summed E-state index contributed by atoms with van der Waals surface area (Å²) in [6.07, 6.45) is 2.49. The van der Waals surface area contributed by atoms with Crippen LogP contribution in [0.2, 0.25) is 0 Å². The second-order valence-corrected chi connectivity index (χ2v) is 4.95. The van der Waals surface area contributed by atoms with Crippen LogP contribution in [-0.4, -0.2) is 46.6 Å². The summed E-state index contributed by atoms with van der Waals surface area (Å²) >= 11 is 0. The molecule has 1 aromatic rings. The quantitative estimate of drug-likeness (QED) is 0.756. The molecule has 2 unspecified atom stereocenters. The standard InChI is InChI=1S/C15H19N3O2/c1-11-6-8-18(14(11)10-19)15(20)13-5-4-12(9-17-13)3-2-7-16/h4-5,9,11,14,19H,6-8,10,16H2,1H3. The van der Waals surface area contributed by atoms with E-state index in [0.29, 0.717) is 24.7 Å². The Balaban J connectivity index is 2.13. The molecule has 2 heterocycles. The van der Waals surface area contributed by atoms with E-state index >= 15 is 0 Å². The molecule has 0 radical (unpaired) electrons. The monoisotopic (exact) mass is 273 g/mol. The number of hydrogen-bond acceptors (Lipinski definition) is 4. The molecule has 3 N–H and O–H groups in total. The number of amides is 1. The van der Waals surface area contributed by atoms with Crippen molar-refractivity contribution in [3.63, 3.8) is 0 Å². The zero-order valence-corrected chi connectivity index (χ0v) is 11.5. The molecule has 106 valence electrons. The first-order chi connectivity index (χ1) is 9.67. The number of nitrogens with two attached hydrogens (primary N) is 1. The minimum absolute atomic E-state index is 0.00698. The third-order valence-electron chi connectivity index (χ3n) is 3.65. The fourth-order valence-corrected chi connectivity index (χ4v) is 2.43. The maximum Gasteiger partial charge on any atom is 0.272 e. The van der Waals surface area contributed by atoms with Crippen molar-refractivity contribution in [2.75, 3.05) is 19.7 Å². The molecule has 1 aliphatic rings. The second kappa shape index (κ2) is 6.51. The second-order valence-electron chi connectivity index (χ2n) is 4.95. The Morgan fingerprint density at radius 2 is 2.40 bits per heavy atom. The van der Waals surface area contributed by atoms with Gasteiger partial charge in [-0.2, -0.15) is 0 Å². The number of aromatic nitrogens is 1. The Labute approximate surface area is 118 Å². The summed E-state index contributed by atoms with van der Waals surface area (Å²) in [4.78, 5) is 18.2. The minimum atomic E-state index is -0.133. The number of carbonyl (C=O) groups is 1. The van der Waals surface area contributed by atoms with Gasteiger partial charge >= 0.3 is 0 Å². The normalized spacial score (nSPS) is 21.4. The summed E-state index contributed by atoms with van der Waals surface area (Å²) in [6, 6.07) is 3.32.